The fraction of sp³-hybridized carbons (Fsp3) is 0.312. The van der Waals surface area contributed by atoms with Gasteiger partial charge in [-0.15, -0.1) is 0 Å². The predicted octanol–water partition coefficient (Wildman–Crippen LogP) is 4.05. The van der Waals surface area contributed by atoms with Gasteiger partial charge in [-0.1, -0.05) is 11.6 Å². The van der Waals surface area contributed by atoms with Crippen LogP contribution in [0.5, 0.6) is 0 Å². The van der Waals surface area contributed by atoms with Crippen molar-refractivity contribution >= 4 is 34.5 Å². The van der Waals surface area contributed by atoms with Crippen LogP contribution in [0.25, 0.3) is 0 Å². The molecule has 0 aliphatic carbocycles. The van der Waals surface area contributed by atoms with Crippen LogP contribution in [0.4, 0.5) is 22.9 Å². The van der Waals surface area contributed by atoms with Gasteiger partial charge in [0.1, 0.15) is 0 Å². The summed E-state index contributed by atoms with van der Waals surface area (Å²) in [6, 6.07) is 10.1. The number of hydrogen-bond donors (Lipinski definition) is 2. The molecule has 1 fully saturated rings. The van der Waals surface area contributed by atoms with Crippen molar-refractivity contribution in [3.8, 4) is 0 Å². The summed E-state index contributed by atoms with van der Waals surface area (Å²) in [5, 5.41) is 3.76. The summed E-state index contributed by atoms with van der Waals surface area (Å²) in [5.74, 6) is 0.630. The molecule has 21 heavy (non-hydrogen) atoms. The first kappa shape index (κ1) is 14.0. The van der Waals surface area contributed by atoms with Crippen molar-refractivity contribution in [1.82, 2.24) is 4.98 Å². The molecule has 5 heteroatoms. The Balaban J connectivity index is 1.71. The summed E-state index contributed by atoms with van der Waals surface area (Å²) in [6.45, 7) is 2.30. The van der Waals surface area contributed by atoms with E-state index in [0.29, 0.717) is 16.5 Å². The smallest absolute Gasteiger partial charge is 0.153 e. The number of rotatable bonds is 3. The second-order valence-electron chi connectivity index (χ2n) is 5.31. The number of benzene rings is 1. The maximum atomic E-state index is 5.90. The lowest BCUT2D eigenvalue weighted by Gasteiger charge is -2.28. The van der Waals surface area contributed by atoms with Crippen LogP contribution in [0, 0.1) is 0 Å². The molecule has 1 aromatic heterocycles. The molecule has 0 saturated carbocycles. The second kappa shape index (κ2) is 6.22. The van der Waals surface area contributed by atoms with Crippen LogP contribution in [0.15, 0.2) is 36.5 Å². The molecule has 0 unspecified atom stereocenters. The minimum absolute atomic E-state index is 0.540. The number of nitrogens with zero attached hydrogens (tertiary/aromatic N) is 2. The first-order chi connectivity index (χ1) is 10.2. The minimum atomic E-state index is 0.540. The molecule has 0 bridgehead atoms. The summed E-state index contributed by atoms with van der Waals surface area (Å²) in [5.41, 5.74) is 8.69. The Hall–Kier alpha value is -1.94. The van der Waals surface area contributed by atoms with Gasteiger partial charge in [-0.25, -0.2) is 4.98 Å². The minimum Gasteiger partial charge on any atom is -0.396 e. The first-order valence-corrected chi connectivity index (χ1v) is 7.63. The zero-order valence-corrected chi connectivity index (χ0v) is 12.6. The van der Waals surface area contributed by atoms with Gasteiger partial charge in [0.25, 0.3) is 0 Å². The molecule has 2 heterocycles. The number of hydrogen-bond acceptors (Lipinski definition) is 4. The van der Waals surface area contributed by atoms with Crippen molar-refractivity contribution in [3.63, 3.8) is 0 Å². The van der Waals surface area contributed by atoms with E-state index in [1.54, 1.807) is 12.3 Å². The highest BCUT2D eigenvalue weighted by Gasteiger charge is 2.10. The molecule has 1 aromatic carbocycles. The molecule has 4 nitrogen and oxygen atoms in total. The molecule has 3 N–H and O–H groups in total. The number of nitrogen functional groups attached to an aromatic ring is 1. The molecular weight excluding hydrogens is 284 g/mol. The van der Waals surface area contributed by atoms with E-state index in [9.17, 15) is 0 Å². The van der Waals surface area contributed by atoms with Crippen LogP contribution in [-0.4, -0.2) is 18.1 Å². The average Bonchev–Trinajstić information content (AvgIpc) is 2.52. The Kier molecular flexibility index (Phi) is 4.15. The van der Waals surface area contributed by atoms with E-state index in [1.807, 2.05) is 0 Å². The Morgan fingerprint density at radius 2 is 1.81 bits per heavy atom. The third kappa shape index (κ3) is 3.39. The molecule has 2 aromatic rings. The van der Waals surface area contributed by atoms with Gasteiger partial charge in [0.2, 0.25) is 0 Å². The number of aromatic nitrogens is 1. The fourth-order valence-electron chi connectivity index (χ4n) is 2.60. The van der Waals surface area contributed by atoms with Crippen LogP contribution < -0.4 is 16.0 Å². The Morgan fingerprint density at radius 1 is 1.10 bits per heavy atom. The predicted molar refractivity (Wildman–Crippen MR) is 89.4 cm³/mol. The third-order valence-corrected chi connectivity index (χ3v) is 3.94. The highest BCUT2D eigenvalue weighted by atomic mass is 35.5. The molecule has 0 amide bonds. The number of piperidine rings is 1. The van der Waals surface area contributed by atoms with Crippen molar-refractivity contribution in [2.45, 2.75) is 19.3 Å². The van der Waals surface area contributed by atoms with Gasteiger partial charge in [0.05, 0.1) is 10.7 Å². The molecule has 0 atom stereocenters. The number of nitrogens with one attached hydrogen (secondary N) is 1. The van der Waals surface area contributed by atoms with E-state index >= 15 is 0 Å². The molecule has 3 rings (SSSR count). The van der Waals surface area contributed by atoms with E-state index in [-0.39, 0.29) is 0 Å². The van der Waals surface area contributed by atoms with Gasteiger partial charge in [-0.3, -0.25) is 0 Å². The quantitative estimate of drug-likeness (QED) is 0.898. The summed E-state index contributed by atoms with van der Waals surface area (Å²) in [7, 11) is 0. The molecule has 1 aliphatic rings. The van der Waals surface area contributed by atoms with Crippen LogP contribution >= 0.6 is 11.6 Å². The third-order valence-electron chi connectivity index (χ3n) is 3.74. The largest absolute Gasteiger partial charge is 0.396 e. The standard InChI is InChI=1S/C16H19ClN4/c17-12-10-15(18)16(19-11-12)20-13-4-6-14(7-5-13)21-8-2-1-3-9-21/h4-7,10-11H,1-3,8-9,18H2,(H,19,20). The Bertz CT molecular complexity index is 606. The highest BCUT2D eigenvalue weighted by molar-refractivity contribution is 6.30. The monoisotopic (exact) mass is 302 g/mol. The van der Waals surface area contributed by atoms with E-state index in [4.69, 9.17) is 17.3 Å². The second-order valence-corrected chi connectivity index (χ2v) is 5.75. The van der Waals surface area contributed by atoms with Crippen LogP contribution in [-0.2, 0) is 0 Å². The number of pyridine rings is 1. The lowest BCUT2D eigenvalue weighted by atomic mass is 10.1. The van der Waals surface area contributed by atoms with E-state index in [2.05, 4.69) is 39.5 Å². The number of halogens is 1. The maximum absolute atomic E-state index is 5.90. The summed E-state index contributed by atoms with van der Waals surface area (Å²) >= 11 is 5.85. The van der Waals surface area contributed by atoms with E-state index < -0.39 is 0 Å². The van der Waals surface area contributed by atoms with Gasteiger partial charge >= 0.3 is 0 Å². The topological polar surface area (TPSA) is 54.2 Å². The van der Waals surface area contributed by atoms with E-state index in [1.165, 1.54) is 24.9 Å². The van der Waals surface area contributed by atoms with E-state index in [0.717, 1.165) is 18.8 Å². The van der Waals surface area contributed by atoms with Crippen LogP contribution in [0.3, 0.4) is 0 Å². The lowest BCUT2D eigenvalue weighted by Crippen LogP contribution is -2.29. The Morgan fingerprint density at radius 3 is 2.48 bits per heavy atom. The molecule has 0 radical (unpaired) electrons. The number of nitrogens with two attached hydrogens (primary N) is 1. The zero-order chi connectivity index (χ0) is 14.7. The van der Waals surface area contributed by atoms with Gasteiger partial charge in [-0.2, -0.15) is 0 Å². The van der Waals surface area contributed by atoms with Gasteiger partial charge < -0.3 is 16.0 Å². The summed E-state index contributed by atoms with van der Waals surface area (Å²) in [6.07, 6.45) is 5.50. The van der Waals surface area contributed by atoms with Crippen molar-refractivity contribution in [1.29, 1.82) is 0 Å². The zero-order valence-electron chi connectivity index (χ0n) is 11.8. The van der Waals surface area contributed by atoms with Crippen LogP contribution in [0.1, 0.15) is 19.3 Å². The van der Waals surface area contributed by atoms with Crippen molar-refractivity contribution < 1.29 is 0 Å². The maximum Gasteiger partial charge on any atom is 0.153 e. The van der Waals surface area contributed by atoms with Gasteiger partial charge in [0, 0.05) is 30.7 Å². The number of anilines is 4. The first-order valence-electron chi connectivity index (χ1n) is 7.25. The molecule has 1 saturated heterocycles. The Labute approximate surface area is 129 Å². The molecule has 1 aliphatic heterocycles. The van der Waals surface area contributed by atoms with Crippen molar-refractivity contribution in [2.75, 3.05) is 29.0 Å². The SMILES string of the molecule is Nc1cc(Cl)cnc1Nc1ccc(N2CCCCC2)cc1. The molecule has 110 valence electrons. The summed E-state index contributed by atoms with van der Waals surface area (Å²) < 4.78 is 0. The summed E-state index contributed by atoms with van der Waals surface area (Å²) in [4.78, 5) is 6.64. The van der Waals surface area contributed by atoms with Crippen molar-refractivity contribution in [2.24, 2.45) is 0 Å². The average molecular weight is 303 g/mol. The molecule has 0 spiro atoms. The highest BCUT2D eigenvalue weighted by Crippen LogP contribution is 2.26. The fourth-order valence-corrected chi connectivity index (χ4v) is 2.77. The van der Waals surface area contributed by atoms with Crippen LogP contribution in [0.2, 0.25) is 5.02 Å². The molecular formula is C16H19ClN4. The normalized spacial score (nSPS) is 15.0. The lowest BCUT2D eigenvalue weighted by molar-refractivity contribution is 0.578. The van der Waals surface area contributed by atoms with Crippen molar-refractivity contribution in [3.05, 3.63) is 41.6 Å². The van der Waals surface area contributed by atoms with Gasteiger partial charge in [0.15, 0.2) is 5.82 Å². The van der Waals surface area contributed by atoms with Gasteiger partial charge in [-0.05, 0) is 49.6 Å².